The van der Waals surface area contributed by atoms with Crippen molar-refractivity contribution in [2.75, 3.05) is 25.5 Å². The van der Waals surface area contributed by atoms with E-state index in [0.717, 1.165) is 25.6 Å². The fourth-order valence-corrected chi connectivity index (χ4v) is 2.32. The van der Waals surface area contributed by atoms with Crippen LogP contribution in [0.3, 0.4) is 0 Å². The Morgan fingerprint density at radius 1 is 1.39 bits per heavy atom. The summed E-state index contributed by atoms with van der Waals surface area (Å²) in [7, 11) is 1.95. The second kappa shape index (κ2) is 4.97. The normalized spacial score (nSPS) is 21.3. The molecule has 0 aromatic heterocycles. The molecule has 0 bridgehead atoms. The van der Waals surface area contributed by atoms with Gasteiger partial charge in [-0.15, -0.1) is 0 Å². The Bertz CT molecular complexity index is 434. The van der Waals surface area contributed by atoms with Crippen LogP contribution in [0.5, 0.6) is 0 Å². The maximum Gasteiger partial charge on any atom is 0.418 e. The highest BCUT2D eigenvalue weighted by atomic mass is 35.5. The Kier molecular flexibility index (Phi) is 3.73. The van der Waals surface area contributed by atoms with E-state index in [9.17, 15) is 13.2 Å². The number of rotatable bonds is 2. The maximum absolute atomic E-state index is 12.9. The van der Waals surface area contributed by atoms with Gasteiger partial charge in [-0.05, 0) is 38.2 Å². The molecule has 1 aromatic carbocycles. The van der Waals surface area contributed by atoms with E-state index in [1.54, 1.807) is 0 Å². The van der Waals surface area contributed by atoms with Gasteiger partial charge < -0.3 is 10.2 Å². The van der Waals surface area contributed by atoms with E-state index in [1.165, 1.54) is 12.1 Å². The van der Waals surface area contributed by atoms with Crippen molar-refractivity contribution >= 4 is 17.3 Å². The molecular weight excluding hydrogens is 265 g/mol. The molecule has 0 aliphatic carbocycles. The Balaban J connectivity index is 2.22. The number of alkyl halides is 3. The van der Waals surface area contributed by atoms with E-state index in [2.05, 4.69) is 10.2 Å². The average molecular weight is 279 g/mol. The molecule has 1 unspecified atom stereocenters. The maximum atomic E-state index is 12.9. The van der Waals surface area contributed by atoms with Crippen molar-refractivity contribution in [3.8, 4) is 0 Å². The van der Waals surface area contributed by atoms with E-state index < -0.39 is 11.7 Å². The van der Waals surface area contributed by atoms with Crippen LogP contribution < -0.4 is 5.32 Å². The van der Waals surface area contributed by atoms with E-state index in [-0.39, 0.29) is 16.8 Å². The molecule has 0 spiro atoms. The molecule has 100 valence electrons. The lowest BCUT2D eigenvalue weighted by atomic mass is 10.1. The molecule has 2 nitrogen and oxygen atoms in total. The highest BCUT2D eigenvalue weighted by Gasteiger charge is 2.34. The summed E-state index contributed by atoms with van der Waals surface area (Å²) >= 11 is 5.63. The molecule has 0 radical (unpaired) electrons. The zero-order chi connectivity index (χ0) is 13.3. The predicted molar refractivity (Wildman–Crippen MR) is 66.0 cm³/mol. The zero-order valence-corrected chi connectivity index (χ0v) is 10.6. The highest BCUT2D eigenvalue weighted by Crippen LogP contribution is 2.37. The van der Waals surface area contributed by atoms with Crippen LogP contribution in [0.2, 0.25) is 5.02 Å². The van der Waals surface area contributed by atoms with E-state index in [4.69, 9.17) is 11.6 Å². The number of hydrogen-bond donors (Lipinski definition) is 1. The van der Waals surface area contributed by atoms with Crippen LogP contribution in [0, 0.1) is 0 Å². The van der Waals surface area contributed by atoms with Gasteiger partial charge in [0.1, 0.15) is 0 Å². The number of hydrogen-bond acceptors (Lipinski definition) is 2. The number of benzene rings is 1. The van der Waals surface area contributed by atoms with Gasteiger partial charge in [0, 0.05) is 23.3 Å². The van der Waals surface area contributed by atoms with Gasteiger partial charge in [0.05, 0.1) is 5.56 Å². The van der Waals surface area contributed by atoms with E-state index in [0.29, 0.717) is 0 Å². The molecule has 1 aliphatic heterocycles. The van der Waals surface area contributed by atoms with E-state index >= 15 is 0 Å². The summed E-state index contributed by atoms with van der Waals surface area (Å²) in [6.45, 7) is 1.65. The van der Waals surface area contributed by atoms with Crippen molar-refractivity contribution in [1.29, 1.82) is 0 Å². The first kappa shape index (κ1) is 13.5. The fraction of sp³-hybridized carbons (Fsp3) is 0.500. The fourth-order valence-electron chi connectivity index (χ4n) is 2.15. The lowest BCUT2D eigenvalue weighted by Gasteiger charge is -2.19. The Hall–Kier alpha value is -0.940. The average Bonchev–Trinajstić information content (AvgIpc) is 2.65. The van der Waals surface area contributed by atoms with Gasteiger partial charge in [-0.1, -0.05) is 11.6 Å². The summed E-state index contributed by atoms with van der Waals surface area (Å²) in [5.74, 6) is 0. The second-order valence-corrected chi connectivity index (χ2v) is 5.02. The van der Waals surface area contributed by atoms with E-state index in [1.807, 2.05) is 7.05 Å². The molecule has 2 rings (SSSR count). The quantitative estimate of drug-likeness (QED) is 0.891. The third-order valence-corrected chi connectivity index (χ3v) is 3.27. The molecule has 18 heavy (non-hydrogen) atoms. The van der Waals surface area contributed by atoms with Crippen molar-refractivity contribution in [2.24, 2.45) is 0 Å². The first-order valence-electron chi connectivity index (χ1n) is 5.68. The van der Waals surface area contributed by atoms with Gasteiger partial charge >= 0.3 is 6.18 Å². The predicted octanol–water partition coefficient (Wildman–Crippen LogP) is 3.47. The first-order valence-corrected chi connectivity index (χ1v) is 6.06. The Morgan fingerprint density at radius 2 is 2.11 bits per heavy atom. The summed E-state index contributed by atoms with van der Waals surface area (Å²) in [4.78, 5) is 2.08. The summed E-state index contributed by atoms with van der Waals surface area (Å²) in [5, 5.41) is 3.05. The lowest BCUT2D eigenvalue weighted by Crippen LogP contribution is -2.25. The van der Waals surface area contributed by atoms with Crippen LogP contribution in [0.1, 0.15) is 12.0 Å². The summed E-state index contributed by atoms with van der Waals surface area (Å²) < 4.78 is 38.6. The molecule has 0 amide bonds. The number of anilines is 1. The van der Waals surface area contributed by atoms with Crippen molar-refractivity contribution < 1.29 is 13.2 Å². The van der Waals surface area contributed by atoms with Gasteiger partial charge in [0.25, 0.3) is 0 Å². The standard InChI is InChI=1S/C12H14ClF3N2/c1-18-5-4-9(7-18)17-11-3-2-8(13)6-10(11)12(14,15)16/h2-3,6,9,17H,4-5,7H2,1H3. The van der Waals surface area contributed by atoms with Gasteiger partial charge in [-0.25, -0.2) is 0 Å². The minimum Gasteiger partial charge on any atom is -0.380 e. The molecular formula is C12H14ClF3N2. The number of likely N-dealkylation sites (tertiary alicyclic amines) is 1. The minimum absolute atomic E-state index is 0.0530. The number of halogens is 4. The molecule has 0 saturated carbocycles. The van der Waals surface area contributed by atoms with Crippen LogP contribution in [0.15, 0.2) is 18.2 Å². The van der Waals surface area contributed by atoms with Crippen molar-refractivity contribution in [3.63, 3.8) is 0 Å². The van der Waals surface area contributed by atoms with Gasteiger partial charge in [-0.2, -0.15) is 13.2 Å². The zero-order valence-electron chi connectivity index (χ0n) is 9.89. The lowest BCUT2D eigenvalue weighted by molar-refractivity contribution is -0.137. The molecule has 1 N–H and O–H groups in total. The molecule has 6 heteroatoms. The third-order valence-electron chi connectivity index (χ3n) is 3.04. The second-order valence-electron chi connectivity index (χ2n) is 4.58. The van der Waals surface area contributed by atoms with Crippen LogP contribution in [0.4, 0.5) is 18.9 Å². The molecule has 1 aliphatic rings. The molecule has 1 saturated heterocycles. The minimum atomic E-state index is -4.39. The highest BCUT2D eigenvalue weighted by molar-refractivity contribution is 6.30. The van der Waals surface area contributed by atoms with Crippen molar-refractivity contribution in [2.45, 2.75) is 18.6 Å². The largest absolute Gasteiger partial charge is 0.418 e. The smallest absolute Gasteiger partial charge is 0.380 e. The number of likely N-dealkylation sites (N-methyl/N-ethyl adjacent to an activating group) is 1. The summed E-state index contributed by atoms with van der Waals surface area (Å²) in [5.41, 5.74) is -0.600. The van der Waals surface area contributed by atoms with Crippen molar-refractivity contribution in [3.05, 3.63) is 28.8 Å². The van der Waals surface area contributed by atoms with Gasteiger partial charge in [-0.3, -0.25) is 0 Å². The van der Waals surface area contributed by atoms with Crippen LogP contribution >= 0.6 is 11.6 Å². The van der Waals surface area contributed by atoms with Crippen LogP contribution in [-0.4, -0.2) is 31.1 Å². The molecule has 1 atom stereocenters. The Labute approximate surface area is 109 Å². The van der Waals surface area contributed by atoms with Crippen molar-refractivity contribution in [1.82, 2.24) is 4.90 Å². The summed E-state index contributed by atoms with van der Waals surface area (Å²) in [6, 6.07) is 3.88. The van der Waals surface area contributed by atoms with Gasteiger partial charge in [0.2, 0.25) is 0 Å². The monoisotopic (exact) mass is 278 g/mol. The molecule has 1 heterocycles. The Morgan fingerprint density at radius 3 is 2.67 bits per heavy atom. The van der Waals surface area contributed by atoms with Crippen LogP contribution in [-0.2, 0) is 6.18 Å². The number of nitrogens with one attached hydrogen (secondary N) is 1. The topological polar surface area (TPSA) is 15.3 Å². The van der Waals surface area contributed by atoms with Gasteiger partial charge in [0.15, 0.2) is 0 Å². The SMILES string of the molecule is CN1CCC(Nc2ccc(Cl)cc2C(F)(F)F)C1. The molecule has 1 fully saturated rings. The molecule has 1 aromatic rings. The van der Waals surface area contributed by atoms with Crippen LogP contribution in [0.25, 0.3) is 0 Å². The third kappa shape index (κ3) is 3.09. The number of nitrogens with zero attached hydrogens (tertiary/aromatic N) is 1. The first-order chi connectivity index (χ1) is 8.36. The summed E-state index contributed by atoms with van der Waals surface area (Å²) in [6.07, 6.45) is -3.55.